The first-order valence-electron chi connectivity index (χ1n) is 7.85. The monoisotopic (exact) mass is 368 g/mol. The summed E-state index contributed by atoms with van der Waals surface area (Å²) < 4.78 is 39.2. The molecule has 2 aromatic carbocycles. The van der Waals surface area contributed by atoms with Gasteiger partial charge in [0.1, 0.15) is 0 Å². The van der Waals surface area contributed by atoms with Crippen molar-refractivity contribution in [2.75, 3.05) is 11.9 Å². The molecular weight excluding hydrogens is 353 g/mol. The zero-order valence-electron chi connectivity index (χ0n) is 13.2. The number of urea groups is 1. The number of alkyl halides is 3. The average Bonchev–Trinajstić information content (AvgIpc) is 3.05. The molecule has 1 unspecified atom stereocenters. The molecule has 1 heterocycles. The second-order valence-corrected chi connectivity index (χ2v) is 6.31. The van der Waals surface area contributed by atoms with Gasteiger partial charge in [0.25, 0.3) is 0 Å². The van der Waals surface area contributed by atoms with Crippen LogP contribution in [0, 0.1) is 0 Å². The van der Waals surface area contributed by atoms with Crippen molar-refractivity contribution in [2.24, 2.45) is 0 Å². The number of nitrogens with one attached hydrogen (secondary N) is 1. The summed E-state index contributed by atoms with van der Waals surface area (Å²) in [7, 11) is 0. The number of amides is 2. The second-order valence-electron chi connectivity index (χ2n) is 5.88. The minimum absolute atomic E-state index is 0.171. The highest BCUT2D eigenvalue weighted by molar-refractivity contribution is 6.30. The van der Waals surface area contributed by atoms with E-state index in [1.54, 1.807) is 17.0 Å². The predicted molar refractivity (Wildman–Crippen MR) is 90.6 cm³/mol. The summed E-state index contributed by atoms with van der Waals surface area (Å²) in [4.78, 5) is 14.1. The first-order chi connectivity index (χ1) is 11.9. The summed E-state index contributed by atoms with van der Waals surface area (Å²) in [6.45, 7) is 0.493. The molecule has 3 nitrogen and oxygen atoms in total. The number of para-hydroxylation sites is 1. The molecule has 0 aromatic heterocycles. The van der Waals surface area contributed by atoms with E-state index in [0.717, 1.165) is 24.5 Å². The molecule has 0 bridgehead atoms. The van der Waals surface area contributed by atoms with Crippen LogP contribution in [0.25, 0.3) is 0 Å². The van der Waals surface area contributed by atoms with Gasteiger partial charge in [-0.25, -0.2) is 4.79 Å². The van der Waals surface area contributed by atoms with Crippen molar-refractivity contribution in [3.8, 4) is 0 Å². The van der Waals surface area contributed by atoms with Gasteiger partial charge in [0.05, 0.1) is 17.3 Å². The normalized spacial score (nSPS) is 17.6. The Hall–Kier alpha value is -2.21. The first-order valence-corrected chi connectivity index (χ1v) is 8.23. The highest BCUT2D eigenvalue weighted by Gasteiger charge is 2.35. The summed E-state index contributed by atoms with van der Waals surface area (Å²) in [6, 6.07) is 11.4. The maximum atomic E-state index is 13.1. The third-order valence-electron chi connectivity index (χ3n) is 4.24. The number of hydrogen-bond donors (Lipinski definition) is 1. The number of carbonyl (C=O) groups excluding carboxylic acids is 1. The van der Waals surface area contributed by atoms with Crippen LogP contribution in [-0.4, -0.2) is 17.5 Å². The number of hydrogen-bond acceptors (Lipinski definition) is 1. The van der Waals surface area contributed by atoms with Crippen LogP contribution in [0.15, 0.2) is 48.5 Å². The molecule has 7 heteroatoms. The Kier molecular flexibility index (Phi) is 4.90. The van der Waals surface area contributed by atoms with Gasteiger partial charge >= 0.3 is 12.2 Å². The molecule has 0 saturated carbocycles. The molecule has 1 N–H and O–H groups in total. The molecule has 25 heavy (non-hydrogen) atoms. The Morgan fingerprint density at radius 2 is 1.80 bits per heavy atom. The van der Waals surface area contributed by atoms with E-state index in [-0.39, 0.29) is 11.7 Å². The summed E-state index contributed by atoms with van der Waals surface area (Å²) in [5, 5.41) is 3.01. The molecule has 1 saturated heterocycles. The van der Waals surface area contributed by atoms with Crippen LogP contribution in [0.1, 0.15) is 30.0 Å². The second kappa shape index (κ2) is 6.96. The summed E-state index contributed by atoms with van der Waals surface area (Å²) >= 11 is 5.89. The van der Waals surface area contributed by atoms with E-state index in [1.807, 2.05) is 12.1 Å². The molecule has 1 fully saturated rings. The van der Waals surface area contributed by atoms with Gasteiger partial charge < -0.3 is 10.2 Å². The Balaban J connectivity index is 1.80. The van der Waals surface area contributed by atoms with Crippen LogP contribution in [0.2, 0.25) is 5.02 Å². The molecule has 0 aliphatic carbocycles. The maximum absolute atomic E-state index is 13.1. The Bertz CT molecular complexity index is 762. The van der Waals surface area contributed by atoms with Gasteiger partial charge in [0, 0.05) is 11.6 Å². The van der Waals surface area contributed by atoms with Crippen molar-refractivity contribution in [1.29, 1.82) is 0 Å². The lowest BCUT2D eigenvalue weighted by Crippen LogP contribution is -2.35. The quantitative estimate of drug-likeness (QED) is 0.721. The largest absolute Gasteiger partial charge is 0.418 e. The van der Waals surface area contributed by atoms with Gasteiger partial charge in [0.2, 0.25) is 0 Å². The molecular formula is C18H16ClF3N2O. The van der Waals surface area contributed by atoms with E-state index in [4.69, 9.17) is 11.6 Å². The molecule has 132 valence electrons. The van der Waals surface area contributed by atoms with Gasteiger partial charge in [-0.15, -0.1) is 0 Å². The summed E-state index contributed by atoms with van der Waals surface area (Å²) in [5.74, 6) is 0. The van der Waals surface area contributed by atoms with E-state index >= 15 is 0 Å². The number of benzene rings is 2. The lowest BCUT2D eigenvalue weighted by molar-refractivity contribution is -0.136. The fourth-order valence-corrected chi connectivity index (χ4v) is 3.19. The number of rotatable bonds is 2. The average molecular weight is 369 g/mol. The third-order valence-corrected chi connectivity index (χ3v) is 4.49. The van der Waals surface area contributed by atoms with Crippen LogP contribution < -0.4 is 5.32 Å². The van der Waals surface area contributed by atoms with Crippen molar-refractivity contribution in [1.82, 2.24) is 4.90 Å². The molecule has 2 amide bonds. The van der Waals surface area contributed by atoms with Crippen molar-refractivity contribution >= 4 is 23.3 Å². The van der Waals surface area contributed by atoms with Crippen LogP contribution in [0.4, 0.5) is 23.7 Å². The molecule has 1 atom stereocenters. The number of nitrogens with zero attached hydrogens (tertiary/aromatic N) is 1. The SMILES string of the molecule is O=C(Nc1ccccc1C(F)(F)F)N1CCCC1c1ccc(Cl)cc1. The Labute approximate surface area is 148 Å². The summed E-state index contributed by atoms with van der Waals surface area (Å²) in [5.41, 5.74) is -0.173. The lowest BCUT2D eigenvalue weighted by atomic mass is 10.1. The van der Waals surface area contributed by atoms with E-state index in [2.05, 4.69) is 5.32 Å². The van der Waals surface area contributed by atoms with Crippen molar-refractivity contribution in [2.45, 2.75) is 25.1 Å². The van der Waals surface area contributed by atoms with Crippen LogP contribution in [-0.2, 0) is 6.18 Å². The molecule has 0 radical (unpaired) electrons. The maximum Gasteiger partial charge on any atom is 0.418 e. The van der Waals surface area contributed by atoms with E-state index in [1.165, 1.54) is 18.2 Å². The number of halogens is 4. The first kappa shape index (κ1) is 17.6. The molecule has 0 spiro atoms. The smallest absolute Gasteiger partial charge is 0.317 e. The minimum Gasteiger partial charge on any atom is -0.317 e. The van der Waals surface area contributed by atoms with E-state index in [0.29, 0.717) is 11.6 Å². The number of likely N-dealkylation sites (tertiary alicyclic amines) is 1. The van der Waals surface area contributed by atoms with E-state index < -0.39 is 17.8 Å². The highest BCUT2D eigenvalue weighted by Crippen LogP contribution is 2.36. The fourth-order valence-electron chi connectivity index (χ4n) is 3.07. The standard InChI is InChI=1S/C18H16ClF3N2O/c19-13-9-7-12(8-10-13)16-6-3-11-24(16)17(25)23-15-5-2-1-4-14(15)18(20,21)22/h1-2,4-5,7-10,16H,3,6,11H2,(H,23,25). The third kappa shape index (κ3) is 3.90. The topological polar surface area (TPSA) is 32.3 Å². The number of carbonyl (C=O) groups is 1. The Morgan fingerprint density at radius 3 is 2.48 bits per heavy atom. The van der Waals surface area contributed by atoms with Gasteiger partial charge in [-0.3, -0.25) is 0 Å². The van der Waals surface area contributed by atoms with Gasteiger partial charge in [-0.05, 0) is 42.7 Å². The van der Waals surface area contributed by atoms with Crippen LogP contribution in [0.3, 0.4) is 0 Å². The van der Waals surface area contributed by atoms with Gasteiger partial charge in [-0.1, -0.05) is 35.9 Å². The predicted octanol–water partition coefficient (Wildman–Crippen LogP) is 5.73. The van der Waals surface area contributed by atoms with Crippen LogP contribution >= 0.6 is 11.6 Å². The highest BCUT2D eigenvalue weighted by atomic mass is 35.5. The van der Waals surface area contributed by atoms with Gasteiger partial charge in [-0.2, -0.15) is 13.2 Å². The fraction of sp³-hybridized carbons (Fsp3) is 0.278. The summed E-state index contributed by atoms with van der Waals surface area (Å²) in [6.07, 6.45) is -2.97. The van der Waals surface area contributed by atoms with Gasteiger partial charge in [0.15, 0.2) is 0 Å². The zero-order valence-corrected chi connectivity index (χ0v) is 13.9. The van der Waals surface area contributed by atoms with E-state index in [9.17, 15) is 18.0 Å². The van der Waals surface area contributed by atoms with Crippen molar-refractivity contribution in [3.05, 3.63) is 64.7 Å². The van der Waals surface area contributed by atoms with Crippen molar-refractivity contribution in [3.63, 3.8) is 0 Å². The van der Waals surface area contributed by atoms with Crippen LogP contribution in [0.5, 0.6) is 0 Å². The van der Waals surface area contributed by atoms with Crippen molar-refractivity contribution < 1.29 is 18.0 Å². The molecule has 2 aromatic rings. The Morgan fingerprint density at radius 1 is 1.12 bits per heavy atom. The molecule has 3 rings (SSSR count). The number of anilines is 1. The minimum atomic E-state index is -4.52. The molecule has 1 aliphatic heterocycles. The molecule has 1 aliphatic rings. The zero-order chi connectivity index (χ0) is 18.0. The lowest BCUT2D eigenvalue weighted by Gasteiger charge is -2.26.